The molecule has 0 saturated heterocycles. The molecule has 0 aliphatic carbocycles. The number of allylic oxidation sites excluding steroid dienone is 6. The van der Waals surface area contributed by atoms with Crippen LogP contribution in [0, 0.1) is 19.3 Å². The van der Waals surface area contributed by atoms with Gasteiger partial charge in [-0.25, -0.2) is 0 Å². The lowest BCUT2D eigenvalue weighted by Crippen LogP contribution is -2.20. The van der Waals surface area contributed by atoms with E-state index in [1.807, 2.05) is 24.3 Å². The van der Waals surface area contributed by atoms with Gasteiger partial charge in [0.2, 0.25) is 0 Å². The van der Waals surface area contributed by atoms with Crippen molar-refractivity contribution in [3.05, 3.63) is 198 Å². The van der Waals surface area contributed by atoms with Gasteiger partial charge in [-0.2, -0.15) is 0 Å². The number of hydrogen-bond acceptors (Lipinski definition) is 2. The third-order valence-electron chi connectivity index (χ3n) is 9.20. The van der Waals surface area contributed by atoms with E-state index in [2.05, 4.69) is 159 Å². The van der Waals surface area contributed by atoms with Gasteiger partial charge in [0, 0.05) is 29.7 Å². The van der Waals surface area contributed by atoms with Crippen LogP contribution in [0.15, 0.2) is 164 Å². The fourth-order valence-electron chi connectivity index (χ4n) is 6.44. The highest BCUT2D eigenvalue weighted by molar-refractivity contribution is 5.91. The van der Waals surface area contributed by atoms with Crippen LogP contribution in [0.3, 0.4) is 0 Å². The molecule has 0 radical (unpaired) electrons. The van der Waals surface area contributed by atoms with Crippen LogP contribution in [0.4, 0.5) is 0 Å². The van der Waals surface area contributed by atoms with Crippen molar-refractivity contribution in [3.63, 3.8) is 0 Å². The minimum absolute atomic E-state index is 0.636. The largest absolute Gasteiger partial charge is 0.380 e. The van der Waals surface area contributed by atoms with E-state index >= 15 is 0 Å². The molecule has 1 aromatic heterocycles. The van der Waals surface area contributed by atoms with E-state index in [1.54, 1.807) is 6.08 Å². The number of aromatic nitrogens is 1. The molecule has 49 heavy (non-hydrogen) atoms. The van der Waals surface area contributed by atoms with Crippen LogP contribution in [0.2, 0.25) is 0 Å². The average Bonchev–Trinajstić information content (AvgIpc) is 3.41. The number of nitrogens with zero attached hydrogens (tertiary/aromatic N) is 1. The van der Waals surface area contributed by atoms with Crippen LogP contribution in [-0.2, 0) is 0 Å². The smallest absolute Gasteiger partial charge is 0.0572 e. The number of benzene rings is 4. The summed E-state index contributed by atoms with van der Waals surface area (Å²) in [5.74, 6) is 0. The Morgan fingerprint density at radius 3 is 2.04 bits per heavy atom. The minimum atomic E-state index is 0.636. The Morgan fingerprint density at radius 1 is 0.755 bits per heavy atom. The maximum absolute atomic E-state index is 7.76. The zero-order valence-corrected chi connectivity index (χ0v) is 28.2. The molecule has 240 valence electrons. The SMILES string of the molecule is C=C/C=C(\C=N)C1=CC=C(c2ccc(-c3c(C)c(C)c(/C=C(\C=C)c4ccc(-c5ccccc5)cc4)n3-c3ccccc3)c(C=C)c2)NC1. The Labute approximate surface area is 290 Å². The quantitative estimate of drug-likeness (QED) is 0.110. The first-order valence-electron chi connectivity index (χ1n) is 16.5. The summed E-state index contributed by atoms with van der Waals surface area (Å²) in [6.07, 6.45) is 15.2. The zero-order valence-electron chi connectivity index (χ0n) is 28.2. The van der Waals surface area contributed by atoms with Gasteiger partial charge in [-0.1, -0.05) is 135 Å². The number of rotatable bonds is 11. The van der Waals surface area contributed by atoms with Crippen molar-refractivity contribution in [1.82, 2.24) is 9.88 Å². The highest BCUT2D eigenvalue weighted by Crippen LogP contribution is 2.39. The maximum atomic E-state index is 7.76. The van der Waals surface area contributed by atoms with Crippen LogP contribution in [-0.4, -0.2) is 17.3 Å². The zero-order chi connectivity index (χ0) is 34.3. The van der Waals surface area contributed by atoms with Crippen LogP contribution >= 0.6 is 0 Å². The molecular weight excluding hydrogens is 595 g/mol. The molecule has 0 amide bonds. The highest BCUT2D eigenvalue weighted by Gasteiger charge is 2.22. The molecule has 2 N–H and O–H groups in total. The summed E-state index contributed by atoms with van der Waals surface area (Å²) in [6.45, 7) is 17.3. The van der Waals surface area contributed by atoms with Crippen molar-refractivity contribution in [2.45, 2.75) is 13.8 Å². The second-order valence-electron chi connectivity index (χ2n) is 12.0. The Hall–Kier alpha value is -6.19. The number of nitrogens with one attached hydrogen (secondary N) is 2. The van der Waals surface area contributed by atoms with Crippen molar-refractivity contribution >= 4 is 29.6 Å². The van der Waals surface area contributed by atoms with E-state index in [1.165, 1.54) is 28.5 Å². The van der Waals surface area contributed by atoms with E-state index in [9.17, 15) is 0 Å². The molecule has 6 rings (SSSR count). The number of hydrogen-bond donors (Lipinski definition) is 2. The van der Waals surface area contributed by atoms with E-state index in [4.69, 9.17) is 5.41 Å². The van der Waals surface area contributed by atoms with Crippen molar-refractivity contribution in [2.24, 2.45) is 0 Å². The Balaban J connectivity index is 1.45. The van der Waals surface area contributed by atoms with Crippen molar-refractivity contribution in [1.29, 1.82) is 5.41 Å². The van der Waals surface area contributed by atoms with Gasteiger partial charge < -0.3 is 15.3 Å². The molecule has 4 aromatic carbocycles. The van der Waals surface area contributed by atoms with Crippen molar-refractivity contribution in [2.75, 3.05) is 6.54 Å². The Kier molecular flexibility index (Phi) is 9.83. The first-order chi connectivity index (χ1) is 24.0. The molecule has 3 heteroatoms. The second kappa shape index (κ2) is 14.7. The van der Waals surface area contributed by atoms with Gasteiger partial charge in [-0.3, -0.25) is 0 Å². The first-order valence-corrected chi connectivity index (χ1v) is 16.5. The third-order valence-corrected chi connectivity index (χ3v) is 9.20. The van der Waals surface area contributed by atoms with Gasteiger partial charge in [0.1, 0.15) is 0 Å². The number of para-hydroxylation sites is 1. The van der Waals surface area contributed by atoms with Crippen molar-refractivity contribution < 1.29 is 0 Å². The van der Waals surface area contributed by atoms with E-state index in [0.29, 0.717) is 6.54 Å². The summed E-state index contributed by atoms with van der Waals surface area (Å²) in [4.78, 5) is 0. The molecule has 3 nitrogen and oxygen atoms in total. The first kappa shape index (κ1) is 32.7. The summed E-state index contributed by atoms with van der Waals surface area (Å²) < 4.78 is 2.37. The van der Waals surface area contributed by atoms with Crippen LogP contribution in [0.5, 0.6) is 0 Å². The normalized spacial score (nSPS) is 13.2. The molecule has 0 unspecified atom stereocenters. The summed E-state index contributed by atoms with van der Waals surface area (Å²) >= 11 is 0. The van der Waals surface area contributed by atoms with Gasteiger partial charge >= 0.3 is 0 Å². The fraction of sp³-hybridized carbons (Fsp3) is 0.0652. The average molecular weight is 636 g/mol. The van der Waals surface area contributed by atoms with E-state index in [-0.39, 0.29) is 0 Å². The van der Waals surface area contributed by atoms with Crippen LogP contribution in [0.1, 0.15) is 33.5 Å². The van der Waals surface area contributed by atoms with Gasteiger partial charge in [-0.05, 0) is 99.9 Å². The molecule has 0 bridgehead atoms. The summed E-state index contributed by atoms with van der Waals surface area (Å²) in [5.41, 5.74) is 16.5. The van der Waals surface area contributed by atoms with Gasteiger partial charge in [0.15, 0.2) is 0 Å². The van der Waals surface area contributed by atoms with Gasteiger partial charge in [-0.15, -0.1) is 0 Å². The van der Waals surface area contributed by atoms with E-state index in [0.717, 1.165) is 61.7 Å². The van der Waals surface area contributed by atoms with Crippen molar-refractivity contribution in [3.8, 4) is 28.1 Å². The molecule has 0 spiro atoms. The van der Waals surface area contributed by atoms with Crippen LogP contribution in [0.25, 0.3) is 51.5 Å². The predicted octanol–water partition coefficient (Wildman–Crippen LogP) is 11.4. The van der Waals surface area contributed by atoms with Crippen LogP contribution < -0.4 is 5.32 Å². The van der Waals surface area contributed by atoms with Gasteiger partial charge in [0.25, 0.3) is 0 Å². The molecule has 0 atom stereocenters. The molecule has 5 aromatic rings. The second-order valence-corrected chi connectivity index (χ2v) is 12.0. The summed E-state index contributed by atoms with van der Waals surface area (Å²) in [5, 5.41) is 11.3. The lowest BCUT2D eigenvalue weighted by atomic mass is 9.95. The predicted molar refractivity (Wildman–Crippen MR) is 212 cm³/mol. The Bertz CT molecular complexity index is 2170. The third kappa shape index (κ3) is 6.65. The monoisotopic (exact) mass is 635 g/mol. The fourth-order valence-corrected chi connectivity index (χ4v) is 6.44. The lowest BCUT2D eigenvalue weighted by molar-refractivity contribution is 0.957. The lowest BCUT2D eigenvalue weighted by Gasteiger charge is -2.20. The molecule has 0 saturated carbocycles. The standard InChI is InChI=1S/C46H41N3/c1-6-15-40(30-47)41-25-27-44(48-31-41)39-24-26-43(35(8-3)28-39)46-33(5)32(4)45(49(46)42-18-13-10-14-19-42)29-34(7-2)37-20-22-38(23-21-37)36-16-11-9-12-17-36/h6-30,47-48H,1-3,31H2,4-5H3/b34-29+,40-15+,47-30?. The van der Waals surface area contributed by atoms with Gasteiger partial charge in [0.05, 0.1) is 11.4 Å². The molecular formula is C46H41N3. The minimum Gasteiger partial charge on any atom is -0.380 e. The summed E-state index contributed by atoms with van der Waals surface area (Å²) in [6, 6.07) is 36.3. The van der Waals surface area contributed by atoms with E-state index < -0.39 is 0 Å². The molecule has 1 aliphatic rings. The Morgan fingerprint density at radius 2 is 1.43 bits per heavy atom. The molecule has 0 fully saturated rings. The summed E-state index contributed by atoms with van der Waals surface area (Å²) in [7, 11) is 0. The highest BCUT2D eigenvalue weighted by atomic mass is 15.0. The number of dihydropyridines is 1. The maximum Gasteiger partial charge on any atom is 0.0572 e. The molecule has 2 heterocycles. The topological polar surface area (TPSA) is 40.8 Å². The molecule has 1 aliphatic heterocycles.